The molecule has 0 radical (unpaired) electrons. The molecule has 0 atom stereocenters. The van der Waals surface area contributed by atoms with Crippen molar-refractivity contribution in [3.63, 3.8) is 0 Å². The third-order valence-electron chi connectivity index (χ3n) is 1.66. The normalized spacial score (nSPS) is 7.89. The zero-order valence-electron chi connectivity index (χ0n) is 11.0. The van der Waals surface area contributed by atoms with E-state index in [9.17, 15) is 0 Å². The van der Waals surface area contributed by atoms with Crippen molar-refractivity contribution in [1.29, 1.82) is 0 Å². The maximum absolute atomic E-state index is 8.89. The minimum absolute atomic E-state index is 0. The molecule has 0 N–H and O–H groups in total. The SMILES string of the molecule is CC(=O)[O-].CC(=O)[O-].[Zn+2].c1ccc2ccccc2c1. The van der Waals surface area contributed by atoms with Crippen molar-refractivity contribution in [2.75, 3.05) is 0 Å². The molecular formula is C14H14O4Zn. The molecule has 2 rings (SSSR count). The molecule has 0 aromatic heterocycles. The minimum Gasteiger partial charge on any atom is -0.550 e. The van der Waals surface area contributed by atoms with Gasteiger partial charge in [0.15, 0.2) is 0 Å². The molecule has 2 aromatic rings. The minimum atomic E-state index is -1.08. The van der Waals surface area contributed by atoms with E-state index in [1.807, 2.05) is 0 Å². The van der Waals surface area contributed by atoms with Gasteiger partial charge in [-0.05, 0) is 24.6 Å². The smallest absolute Gasteiger partial charge is 0.550 e. The van der Waals surface area contributed by atoms with Gasteiger partial charge in [0, 0.05) is 11.9 Å². The van der Waals surface area contributed by atoms with Crippen LogP contribution in [0.4, 0.5) is 0 Å². The summed E-state index contributed by atoms with van der Waals surface area (Å²) >= 11 is 0. The molecule has 0 aliphatic carbocycles. The van der Waals surface area contributed by atoms with Gasteiger partial charge in [-0.15, -0.1) is 0 Å². The molecule has 0 spiro atoms. The molecule has 0 amide bonds. The summed E-state index contributed by atoms with van der Waals surface area (Å²) < 4.78 is 0. The molecule has 0 aliphatic rings. The number of carboxylic acids is 2. The van der Waals surface area contributed by atoms with Crippen LogP contribution in [-0.2, 0) is 29.1 Å². The van der Waals surface area contributed by atoms with Crippen molar-refractivity contribution in [2.45, 2.75) is 13.8 Å². The summed E-state index contributed by atoms with van der Waals surface area (Å²) in [5.41, 5.74) is 0. The van der Waals surface area contributed by atoms with Crippen LogP contribution < -0.4 is 10.2 Å². The van der Waals surface area contributed by atoms with Crippen LogP contribution in [0, 0.1) is 0 Å². The molecule has 0 aliphatic heterocycles. The maximum atomic E-state index is 8.89. The van der Waals surface area contributed by atoms with E-state index < -0.39 is 11.9 Å². The Kier molecular flexibility index (Phi) is 11.7. The second kappa shape index (κ2) is 11.4. The first kappa shape index (κ1) is 19.6. The van der Waals surface area contributed by atoms with Gasteiger partial charge in [0.2, 0.25) is 0 Å². The third-order valence-corrected chi connectivity index (χ3v) is 1.66. The second-order valence-electron chi connectivity index (χ2n) is 3.33. The predicted octanol–water partition coefficient (Wildman–Crippen LogP) is 0.350. The first-order chi connectivity index (χ1) is 8.43. The predicted molar refractivity (Wildman–Crippen MR) is 65.3 cm³/mol. The summed E-state index contributed by atoms with van der Waals surface area (Å²) in [5, 5.41) is 20.4. The van der Waals surface area contributed by atoms with Crippen LogP contribution in [0.2, 0.25) is 0 Å². The van der Waals surface area contributed by atoms with E-state index >= 15 is 0 Å². The number of hydrogen-bond donors (Lipinski definition) is 0. The molecule has 0 saturated carbocycles. The van der Waals surface area contributed by atoms with E-state index in [0.717, 1.165) is 13.8 Å². The summed E-state index contributed by atoms with van der Waals surface area (Å²) in [6.45, 7) is 1.94. The van der Waals surface area contributed by atoms with E-state index in [1.54, 1.807) is 0 Å². The van der Waals surface area contributed by atoms with E-state index in [0.29, 0.717) is 0 Å². The van der Waals surface area contributed by atoms with Gasteiger partial charge in [-0.3, -0.25) is 0 Å². The fourth-order valence-corrected chi connectivity index (χ4v) is 1.13. The molecule has 96 valence electrons. The fourth-order valence-electron chi connectivity index (χ4n) is 1.13. The molecule has 0 heterocycles. The Morgan fingerprint density at radius 1 is 0.737 bits per heavy atom. The fraction of sp³-hybridized carbons (Fsp3) is 0.143. The van der Waals surface area contributed by atoms with Gasteiger partial charge in [-0.2, -0.15) is 0 Å². The van der Waals surface area contributed by atoms with Gasteiger partial charge >= 0.3 is 19.5 Å². The molecule has 2 aromatic carbocycles. The average Bonchev–Trinajstić information content (AvgIpc) is 2.28. The first-order valence-corrected chi connectivity index (χ1v) is 5.22. The van der Waals surface area contributed by atoms with Gasteiger partial charge in [0.1, 0.15) is 0 Å². The first-order valence-electron chi connectivity index (χ1n) is 5.22. The maximum Gasteiger partial charge on any atom is 2.00 e. The van der Waals surface area contributed by atoms with Crippen molar-refractivity contribution in [1.82, 2.24) is 0 Å². The standard InChI is InChI=1S/C10H8.2C2H4O2.Zn/c1-2-6-10-8-4-3-7-9(10)5-1;2*1-2(3)4;/h1-8H;2*1H3,(H,3,4);/q;;;+2/p-2. The summed E-state index contributed by atoms with van der Waals surface area (Å²) in [5.74, 6) is -2.17. The van der Waals surface area contributed by atoms with Crippen LogP contribution in [-0.4, -0.2) is 11.9 Å². The Morgan fingerprint density at radius 2 is 0.895 bits per heavy atom. The molecule has 0 bridgehead atoms. The molecule has 0 fully saturated rings. The van der Waals surface area contributed by atoms with Crippen LogP contribution in [0.15, 0.2) is 48.5 Å². The van der Waals surface area contributed by atoms with Crippen molar-refractivity contribution in [3.8, 4) is 0 Å². The van der Waals surface area contributed by atoms with Gasteiger partial charge in [-0.25, -0.2) is 0 Å². The van der Waals surface area contributed by atoms with Crippen LogP contribution in [0.1, 0.15) is 13.8 Å². The van der Waals surface area contributed by atoms with Crippen LogP contribution in [0.5, 0.6) is 0 Å². The summed E-state index contributed by atoms with van der Waals surface area (Å²) in [6.07, 6.45) is 0. The Labute approximate surface area is 124 Å². The third kappa shape index (κ3) is 12.5. The van der Waals surface area contributed by atoms with Gasteiger partial charge in [-0.1, -0.05) is 48.5 Å². The average molecular weight is 312 g/mol. The summed E-state index contributed by atoms with van der Waals surface area (Å²) in [4.78, 5) is 17.8. The molecule has 5 heteroatoms. The van der Waals surface area contributed by atoms with Crippen molar-refractivity contribution < 1.29 is 39.3 Å². The monoisotopic (exact) mass is 310 g/mol. The summed E-state index contributed by atoms with van der Waals surface area (Å²) in [6, 6.07) is 16.7. The van der Waals surface area contributed by atoms with E-state index in [1.165, 1.54) is 10.8 Å². The Morgan fingerprint density at radius 3 is 1.05 bits per heavy atom. The Hall–Kier alpha value is -1.74. The van der Waals surface area contributed by atoms with E-state index in [2.05, 4.69) is 48.5 Å². The topological polar surface area (TPSA) is 80.3 Å². The number of fused-ring (bicyclic) bond motifs is 1. The molecule has 4 nitrogen and oxygen atoms in total. The zero-order chi connectivity index (χ0) is 14.0. The van der Waals surface area contributed by atoms with Crippen LogP contribution in [0.3, 0.4) is 0 Å². The molecular weight excluding hydrogens is 298 g/mol. The number of carboxylic acid groups (broad SMARTS) is 2. The quantitative estimate of drug-likeness (QED) is 0.658. The van der Waals surface area contributed by atoms with Crippen LogP contribution in [0.25, 0.3) is 10.8 Å². The molecule has 19 heavy (non-hydrogen) atoms. The largest absolute Gasteiger partial charge is 2.00 e. The van der Waals surface area contributed by atoms with Crippen molar-refractivity contribution in [2.24, 2.45) is 0 Å². The molecule has 0 saturated heterocycles. The number of aliphatic carboxylic acids is 2. The number of carbonyl (C=O) groups is 2. The van der Waals surface area contributed by atoms with Gasteiger partial charge in [0.05, 0.1) is 0 Å². The second-order valence-corrected chi connectivity index (χ2v) is 3.33. The Balaban J connectivity index is 0. The van der Waals surface area contributed by atoms with Gasteiger partial charge in [0.25, 0.3) is 0 Å². The van der Waals surface area contributed by atoms with E-state index in [4.69, 9.17) is 19.8 Å². The van der Waals surface area contributed by atoms with Gasteiger partial charge < -0.3 is 19.8 Å². The number of benzene rings is 2. The summed E-state index contributed by atoms with van der Waals surface area (Å²) in [7, 11) is 0. The van der Waals surface area contributed by atoms with Crippen LogP contribution >= 0.6 is 0 Å². The number of carbonyl (C=O) groups excluding carboxylic acids is 2. The Bertz CT molecular complexity index is 426. The molecule has 0 unspecified atom stereocenters. The zero-order valence-corrected chi connectivity index (χ0v) is 13.9. The number of hydrogen-bond acceptors (Lipinski definition) is 4. The van der Waals surface area contributed by atoms with E-state index in [-0.39, 0.29) is 19.5 Å². The van der Waals surface area contributed by atoms with Crippen molar-refractivity contribution >= 4 is 22.7 Å². The number of rotatable bonds is 0. The van der Waals surface area contributed by atoms with Crippen molar-refractivity contribution in [3.05, 3.63) is 48.5 Å².